The van der Waals surface area contributed by atoms with Crippen LogP contribution in [0, 0.1) is 0 Å². The van der Waals surface area contributed by atoms with Crippen molar-refractivity contribution in [3.63, 3.8) is 0 Å². The molecule has 0 saturated carbocycles. The topological polar surface area (TPSA) is 70.6 Å². The first-order valence-electron chi connectivity index (χ1n) is 5.75. The van der Waals surface area contributed by atoms with E-state index in [2.05, 4.69) is 22.5 Å². The maximum atomic E-state index is 11.3. The van der Waals surface area contributed by atoms with Gasteiger partial charge in [-0.15, -0.1) is 24.0 Å². The molecule has 0 aromatic rings. The van der Waals surface area contributed by atoms with Crippen LogP contribution in [-0.4, -0.2) is 45.5 Å². The standard InChI is InChI=1S/C10H21N3O2S.HI/c1-3-4-6-12-10(11-2)13-9-5-7-16(14,15)8-9;/h9H,3-8H2,1-2H3,(H2,11,12,13);1H. The van der Waals surface area contributed by atoms with Gasteiger partial charge in [-0.3, -0.25) is 4.99 Å². The van der Waals surface area contributed by atoms with Crippen LogP contribution in [0.15, 0.2) is 4.99 Å². The molecule has 5 nitrogen and oxygen atoms in total. The highest BCUT2D eigenvalue weighted by atomic mass is 127. The quantitative estimate of drug-likeness (QED) is 0.329. The number of halogens is 1. The van der Waals surface area contributed by atoms with E-state index in [9.17, 15) is 8.42 Å². The molecule has 1 unspecified atom stereocenters. The Morgan fingerprint density at radius 3 is 2.65 bits per heavy atom. The molecule has 1 saturated heterocycles. The van der Waals surface area contributed by atoms with Crippen LogP contribution in [0.1, 0.15) is 26.2 Å². The van der Waals surface area contributed by atoms with Crippen LogP contribution in [-0.2, 0) is 9.84 Å². The van der Waals surface area contributed by atoms with Gasteiger partial charge in [0.15, 0.2) is 15.8 Å². The number of unbranched alkanes of at least 4 members (excludes halogenated alkanes) is 1. The van der Waals surface area contributed by atoms with Gasteiger partial charge < -0.3 is 10.6 Å². The number of guanidine groups is 1. The zero-order valence-electron chi connectivity index (χ0n) is 10.4. The van der Waals surface area contributed by atoms with Gasteiger partial charge in [-0.2, -0.15) is 0 Å². The molecule has 0 amide bonds. The summed E-state index contributed by atoms with van der Waals surface area (Å²) >= 11 is 0. The first kappa shape index (κ1) is 16.9. The van der Waals surface area contributed by atoms with Gasteiger partial charge in [-0.05, 0) is 12.8 Å². The normalized spacial score (nSPS) is 22.9. The summed E-state index contributed by atoms with van der Waals surface area (Å²) in [6.45, 7) is 3.00. The van der Waals surface area contributed by atoms with Crippen molar-refractivity contribution in [2.24, 2.45) is 4.99 Å². The summed E-state index contributed by atoms with van der Waals surface area (Å²) in [4.78, 5) is 4.07. The zero-order valence-corrected chi connectivity index (χ0v) is 13.5. The monoisotopic (exact) mass is 375 g/mol. The summed E-state index contributed by atoms with van der Waals surface area (Å²) in [5.74, 6) is 1.22. The van der Waals surface area contributed by atoms with Crippen LogP contribution in [0.2, 0.25) is 0 Å². The smallest absolute Gasteiger partial charge is 0.191 e. The molecule has 1 fully saturated rings. The maximum Gasteiger partial charge on any atom is 0.191 e. The third kappa shape index (κ3) is 6.44. The van der Waals surface area contributed by atoms with Gasteiger partial charge in [-0.1, -0.05) is 13.3 Å². The van der Waals surface area contributed by atoms with Crippen molar-refractivity contribution in [1.82, 2.24) is 10.6 Å². The van der Waals surface area contributed by atoms with E-state index in [-0.39, 0.29) is 41.5 Å². The van der Waals surface area contributed by atoms with Gasteiger partial charge in [0, 0.05) is 19.6 Å². The highest BCUT2D eigenvalue weighted by Gasteiger charge is 2.28. The van der Waals surface area contributed by atoms with E-state index in [1.807, 2.05) is 0 Å². The van der Waals surface area contributed by atoms with Crippen molar-refractivity contribution in [3.05, 3.63) is 0 Å². The molecule has 1 heterocycles. The van der Waals surface area contributed by atoms with E-state index in [1.54, 1.807) is 7.05 Å². The van der Waals surface area contributed by atoms with E-state index in [0.29, 0.717) is 12.4 Å². The average molecular weight is 375 g/mol. The van der Waals surface area contributed by atoms with Crippen LogP contribution in [0.4, 0.5) is 0 Å². The first-order chi connectivity index (χ1) is 7.57. The molecule has 7 heteroatoms. The van der Waals surface area contributed by atoms with Crippen LogP contribution >= 0.6 is 24.0 Å². The van der Waals surface area contributed by atoms with Gasteiger partial charge in [-0.25, -0.2) is 8.42 Å². The van der Waals surface area contributed by atoms with E-state index < -0.39 is 9.84 Å². The Morgan fingerprint density at radius 2 is 2.18 bits per heavy atom. The summed E-state index contributed by atoms with van der Waals surface area (Å²) in [5.41, 5.74) is 0. The van der Waals surface area contributed by atoms with Gasteiger partial charge in [0.2, 0.25) is 0 Å². The molecule has 0 aliphatic carbocycles. The summed E-state index contributed by atoms with van der Waals surface area (Å²) < 4.78 is 22.5. The molecule has 2 N–H and O–H groups in total. The average Bonchev–Trinajstić information content (AvgIpc) is 2.57. The predicted molar refractivity (Wildman–Crippen MR) is 81.9 cm³/mol. The summed E-state index contributed by atoms with van der Waals surface area (Å²) in [6, 6.07) is 0.0119. The second kappa shape index (κ2) is 8.12. The lowest BCUT2D eigenvalue weighted by Gasteiger charge is -2.15. The number of rotatable bonds is 4. The van der Waals surface area contributed by atoms with Gasteiger partial charge in [0.05, 0.1) is 11.5 Å². The first-order valence-corrected chi connectivity index (χ1v) is 7.57. The van der Waals surface area contributed by atoms with Crippen molar-refractivity contribution < 1.29 is 8.42 Å². The second-order valence-electron chi connectivity index (χ2n) is 4.10. The molecule has 0 aromatic carbocycles. The van der Waals surface area contributed by atoms with Crippen LogP contribution < -0.4 is 10.6 Å². The molecule has 0 aromatic heterocycles. The van der Waals surface area contributed by atoms with Gasteiger partial charge in [0.1, 0.15) is 0 Å². The van der Waals surface area contributed by atoms with E-state index in [1.165, 1.54) is 0 Å². The second-order valence-corrected chi connectivity index (χ2v) is 6.33. The fourth-order valence-electron chi connectivity index (χ4n) is 1.68. The molecule has 1 rings (SSSR count). The number of hydrogen-bond donors (Lipinski definition) is 2. The van der Waals surface area contributed by atoms with E-state index >= 15 is 0 Å². The maximum absolute atomic E-state index is 11.3. The molecule has 1 atom stereocenters. The van der Waals surface area contributed by atoms with Crippen LogP contribution in [0.25, 0.3) is 0 Å². The lowest BCUT2D eigenvalue weighted by molar-refractivity contribution is 0.599. The Hall–Kier alpha value is -0.0500. The molecule has 0 radical (unpaired) electrons. The lowest BCUT2D eigenvalue weighted by Crippen LogP contribution is -2.44. The molecule has 102 valence electrons. The Morgan fingerprint density at radius 1 is 1.47 bits per heavy atom. The molecule has 1 aliphatic heterocycles. The Kier molecular flexibility index (Phi) is 8.10. The Labute approximate surface area is 121 Å². The Bertz CT molecular complexity index is 343. The predicted octanol–water partition coefficient (Wildman–Crippen LogP) is 0.757. The van der Waals surface area contributed by atoms with E-state index in [0.717, 1.165) is 19.4 Å². The highest BCUT2D eigenvalue weighted by Crippen LogP contribution is 2.10. The number of nitrogens with one attached hydrogen (secondary N) is 2. The molecule has 1 aliphatic rings. The van der Waals surface area contributed by atoms with E-state index in [4.69, 9.17) is 0 Å². The van der Waals surface area contributed by atoms with Gasteiger partial charge >= 0.3 is 0 Å². The minimum atomic E-state index is -2.82. The van der Waals surface area contributed by atoms with Crippen molar-refractivity contribution in [1.29, 1.82) is 0 Å². The minimum Gasteiger partial charge on any atom is -0.356 e. The van der Waals surface area contributed by atoms with Gasteiger partial charge in [0.25, 0.3) is 0 Å². The number of nitrogens with zero attached hydrogens (tertiary/aromatic N) is 1. The SMILES string of the molecule is CCCCNC(=NC)NC1CCS(=O)(=O)C1.I. The van der Waals surface area contributed by atoms with Crippen molar-refractivity contribution in [2.75, 3.05) is 25.1 Å². The Balaban J connectivity index is 0.00000256. The summed E-state index contributed by atoms with van der Waals surface area (Å²) in [6.07, 6.45) is 2.89. The third-order valence-electron chi connectivity index (χ3n) is 2.62. The third-order valence-corrected chi connectivity index (χ3v) is 4.39. The number of aliphatic imine (C=N–C) groups is 1. The van der Waals surface area contributed by atoms with Crippen molar-refractivity contribution in [3.8, 4) is 0 Å². The van der Waals surface area contributed by atoms with Crippen LogP contribution in [0.3, 0.4) is 0 Å². The molecule has 0 spiro atoms. The molecule has 0 bridgehead atoms. The van der Waals surface area contributed by atoms with Crippen LogP contribution in [0.5, 0.6) is 0 Å². The fourth-order valence-corrected chi connectivity index (χ4v) is 3.35. The number of sulfone groups is 1. The fraction of sp³-hybridized carbons (Fsp3) is 0.900. The molecule has 17 heavy (non-hydrogen) atoms. The zero-order chi connectivity index (χ0) is 12.0. The lowest BCUT2D eigenvalue weighted by atomic mass is 10.3. The highest BCUT2D eigenvalue weighted by molar-refractivity contribution is 14.0. The number of hydrogen-bond acceptors (Lipinski definition) is 3. The summed E-state index contributed by atoms with van der Waals surface area (Å²) in [7, 11) is -1.12. The largest absolute Gasteiger partial charge is 0.356 e. The molecular formula is C10H22IN3O2S. The summed E-state index contributed by atoms with van der Waals surface area (Å²) in [5, 5.41) is 6.31. The minimum absolute atomic E-state index is 0. The van der Waals surface area contributed by atoms with Crippen molar-refractivity contribution in [2.45, 2.75) is 32.2 Å². The molecular weight excluding hydrogens is 353 g/mol. The van der Waals surface area contributed by atoms with Crippen molar-refractivity contribution >= 4 is 39.8 Å².